The van der Waals surface area contributed by atoms with Crippen LogP contribution in [0.15, 0.2) is 42.7 Å². The smallest absolute Gasteiger partial charge is 0.303 e. The number of benzene rings is 1. The van der Waals surface area contributed by atoms with E-state index in [0.717, 1.165) is 5.56 Å². The molecule has 0 radical (unpaired) electrons. The van der Waals surface area contributed by atoms with Crippen molar-refractivity contribution in [3.05, 3.63) is 58.9 Å². The highest BCUT2D eigenvalue weighted by Crippen LogP contribution is 2.17. The largest absolute Gasteiger partial charge is 0.481 e. The summed E-state index contributed by atoms with van der Waals surface area (Å²) in [6, 6.07) is 8.59. The molecule has 2 rings (SSSR count). The third-order valence-corrected chi connectivity index (χ3v) is 3.15. The normalized spacial score (nSPS) is 10.1. The number of rotatable bonds is 5. The molecule has 5 nitrogen and oxygen atoms in total. The highest BCUT2D eigenvalue weighted by atomic mass is 35.5. The third-order valence-electron chi connectivity index (χ3n) is 2.82. The number of nitrogens with zero attached hydrogens (tertiary/aromatic N) is 1. The predicted molar refractivity (Wildman–Crippen MR) is 79.6 cm³/mol. The molecule has 0 saturated carbocycles. The first-order valence-electron chi connectivity index (χ1n) is 6.28. The fourth-order valence-corrected chi connectivity index (χ4v) is 1.99. The van der Waals surface area contributed by atoms with E-state index >= 15 is 0 Å². The van der Waals surface area contributed by atoms with Crippen LogP contribution in [0.2, 0.25) is 5.02 Å². The zero-order valence-electron chi connectivity index (χ0n) is 11.0. The standard InChI is InChI=1S/C15H13ClN2O3/c16-13-6-7-17-9-12(13)15(21)18-11-3-1-2-10(8-11)4-5-14(19)20/h1-3,6-9H,4-5H2,(H,18,21)(H,19,20). The van der Waals surface area contributed by atoms with Crippen molar-refractivity contribution in [2.75, 3.05) is 5.32 Å². The van der Waals surface area contributed by atoms with Gasteiger partial charge in [0.15, 0.2) is 0 Å². The van der Waals surface area contributed by atoms with E-state index in [1.54, 1.807) is 24.3 Å². The Hall–Kier alpha value is -2.40. The molecule has 1 aromatic carbocycles. The fraction of sp³-hybridized carbons (Fsp3) is 0.133. The molecular weight excluding hydrogens is 292 g/mol. The van der Waals surface area contributed by atoms with E-state index in [2.05, 4.69) is 10.3 Å². The molecule has 21 heavy (non-hydrogen) atoms. The number of aliphatic carboxylic acids is 1. The van der Waals surface area contributed by atoms with Crippen LogP contribution in [0.4, 0.5) is 5.69 Å². The maximum Gasteiger partial charge on any atom is 0.303 e. The van der Waals surface area contributed by atoms with Crippen molar-refractivity contribution >= 4 is 29.2 Å². The van der Waals surface area contributed by atoms with E-state index in [4.69, 9.17) is 16.7 Å². The Bertz CT molecular complexity index is 673. The number of aromatic nitrogens is 1. The molecule has 0 bridgehead atoms. The summed E-state index contributed by atoms with van der Waals surface area (Å²) < 4.78 is 0. The molecule has 1 heterocycles. The van der Waals surface area contributed by atoms with E-state index in [0.29, 0.717) is 17.1 Å². The van der Waals surface area contributed by atoms with E-state index in [9.17, 15) is 9.59 Å². The molecule has 0 atom stereocenters. The summed E-state index contributed by atoms with van der Waals surface area (Å²) in [5.41, 5.74) is 1.71. The molecule has 0 aliphatic carbocycles. The van der Waals surface area contributed by atoms with Gasteiger partial charge in [0.25, 0.3) is 5.91 Å². The Morgan fingerprint density at radius 3 is 2.81 bits per heavy atom. The maximum absolute atomic E-state index is 12.1. The highest BCUT2D eigenvalue weighted by molar-refractivity contribution is 6.34. The van der Waals surface area contributed by atoms with Gasteiger partial charge in [-0.05, 0) is 30.2 Å². The number of nitrogens with one attached hydrogen (secondary N) is 1. The second-order valence-corrected chi connectivity index (χ2v) is 4.81. The molecule has 0 aliphatic rings. The van der Waals surface area contributed by atoms with Crippen molar-refractivity contribution in [3.63, 3.8) is 0 Å². The summed E-state index contributed by atoms with van der Waals surface area (Å²) in [7, 11) is 0. The van der Waals surface area contributed by atoms with Gasteiger partial charge in [0.1, 0.15) is 0 Å². The Morgan fingerprint density at radius 1 is 1.29 bits per heavy atom. The van der Waals surface area contributed by atoms with Gasteiger partial charge in [-0.1, -0.05) is 23.7 Å². The summed E-state index contributed by atoms with van der Waals surface area (Å²) in [6.07, 6.45) is 3.36. The first-order chi connectivity index (χ1) is 10.1. The minimum Gasteiger partial charge on any atom is -0.481 e. The number of aryl methyl sites for hydroxylation is 1. The molecule has 0 unspecified atom stereocenters. The lowest BCUT2D eigenvalue weighted by atomic mass is 10.1. The van der Waals surface area contributed by atoms with Crippen LogP contribution in [0, 0.1) is 0 Å². The average molecular weight is 305 g/mol. The minimum atomic E-state index is -0.855. The predicted octanol–water partition coefficient (Wildman–Crippen LogP) is 3.00. The molecule has 0 aliphatic heterocycles. The van der Waals surface area contributed by atoms with Crippen molar-refractivity contribution < 1.29 is 14.7 Å². The Kier molecular flexibility index (Phi) is 4.90. The van der Waals surface area contributed by atoms with Crippen molar-refractivity contribution in [2.45, 2.75) is 12.8 Å². The van der Waals surface area contributed by atoms with Crippen LogP contribution in [-0.4, -0.2) is 22.0 Å². The monoisotopic (exact) mass is 304 g/mol. The average Bonchev–Trinajstić information content (AvgIpc) is 2.46. The van der Waals surface area contributed by atoms with Gasteiger partial charge in [0.2, 0.25) is 0 Å². The van der Waals surface area contributed by atoms with Crippen molar-refractivity contribution in [2.24, 2.45) is 0 Å². The molecule has 1 amide bonds. The first-order valence-corrected chi connectivity index (χ1v) is 6.65. The lowest BCUT2D eigenvalue weighted by Gasteiger charge is -2.08. The maximum atomic E-state index is 12.1. The number of hydrogen-bond donors (Lipinski definition) is 2. The number of halogens is 1. The number of carboxylic acid groups (broad SMARTS) is 1. The summed E-state index contributed by atoms with van der Waals surface area (Å²) in [5, 5.41) is 11.7. The first kappa shape index (κ1) is 15.0. The van der Waals surface area contributed by atoms with Gasteiger partial charge < -0.3 is 10.4 Å². The van der Waals surface area contributed by atoms with Gasteiger partial charge in [-0.15, -0.1) is 0 Å². The van der Waals surface area contributed by atoms with Crippen LogP contribution in [-0.2, 0) is 11.2 Å². The van der Waals surface area contributed by atoms with Gasteiger partial charge >= 0.3 is 5.97 Å². The minimum absolute atomic E-state index is 0.0475. The molecule has 6 heteroatoms. The van der Waals surface area contributed by atoms with Crippen LogP contribution in [0.5, 0.6) is 0 Å². The zero-order chi connectivity index (χ0) is 15.2. The summed E-state index contributed by atoms with van der Waals surface area (Å²) in [4.78, 5) is 26.5. The highest BCUT2D eigenvalue weighted by Gasteiger charge is 2.10. The summed E-state index contributed by atoms with van der Waals surface area (Å²) >= 11 is 5.94. The van der Waals surface area contributed by atoms with Gasteiger partial charge in [-0.3, -0.25) is 14.6 Å². The van der Waals surface area contributed by atoms with Crippen LogP contribution in [0.25, 0.3) is 0 Å². The van der Waals surface area contributed by atoms with E-state index in [1.165, 1.54) is 12.4 Å². The number of anilines is 1. The Morgan fingerprint density at radius 2 is 2.10 bits per heavy atom. The number of pyridine rings is 1. The molecule has 0 spiro atoms. The molecule has 108 valence electrons. The van der Waals surface area contributed by atoms with Gasteiger partial charge in [0, 0.05) is 24.5 Å². The number of carboxylic acids is 1. The second-order valence-electron chi connectivity index (χ2n) is 4.40. The van der Waals surface area contributed by atoms with Crippen molar-refractivity contribution in [3.8, 4) is 0 Å². The van der Waals surface area contributed by atoms with Crippen molar-refractivity contribution in [1.82, 2.24) is 4.98 Å². The fourth-order valence-electron chi connectivity index (χ4n) is 1.80. The van der Waals surface area contributed by atoms with Crippen LogP contribution >= 0.6 is 11.6 Å². The molecule has 1 aromatic heterocycles. The topological polar surface area (TPSA) is 79.3 Å². The zero-order valence-corrected chi connectivity index (χ0v) is 11.8. The number of carbonyl (C=O) groups is 2. The van der Waals surface area contributed by atoms with Crippen LogP contribution < -0.4 is 5.32 Å². The number of carbonyl (C=O) groups excluding carboxylic acids is 1. The number of amides is 1. The SMILES string of the molecule is O=C(O)CCc1cccc(NC(=O)c2cnccc2Cl)c1. The number of hydrogen-bond acceptors (Lipinski definition) is 3. The van der Waals surface area contributed by atoms with E-state index in [-0.39, 0.29) is 17.9 Å². The molecule has 2 N–H and O–H groups in total. The van der Waals surface area contributed by atoms with Gasteiger partial charge in [0.05, 0.1) is 10.6 Å². The molecule has 2 aromatic rings. The Labute approximate surface area is 126 Å². The lowest BCUT2D eigenvalue weighted by molar-refractivity contribution is -0.136. The van der Waals surface area contributed by atoms with Crippen LogP contribution in [0.3, 0.4) is 0 Å². The van der Waals surface area contributed by atoms with Gasteiger partial charge in [-0.2, -0.15) is 0 Å². The van der Waals surface area contributed by atoms with Crippen molar-refractivity contribution in [1.29, 1.82) is 0 Å². The molecular formula is C15H13ClN2O3. The van der Waals surface area contributed by atoms with E-state index in [1.807, 2.05) is 6.07 Å². The van der Waals surface area contributed by atoms with Gasteiger partial charge in [-0.25, -0.2) is 0 Å². The molecule has 0 saturated heterocycles. The summed E-state index contributed by atoms with van der Waals surface area (Å²) in [5.74, 6) is -1.21. The molecule has 0 fully saturated rings. The Balaban J connectivity index is 2.09. The van der Waals surface area contributed by atoms with Crippen LogP contribution in [0.1, 0.15) is 22.3 Å². The third kappa shape index (κ3) is 4.29. The lowest BCUT2D eigenvalue weighted by Crippen LogP contribution is -2.13. The quantitative estimate of drug-likeness (QED) is 0.890. The second kappa shape index (κ2) is 6.85. The summed E-state index contributed by atoms with van der Waals surface area (Å²) in [6.45, 7) is 0. The van der Waals surface area contributed by atoms with E-state index < -0.39 is 5.97 Å².